The molecule has 0 amide bonds. The number of nitrogens with zero attached hydrogens (tertiary/aromatic N) is 1. The molecule has 2 aromatic rings. The van der Waals surface area contributed by atoms with E-state index < -0.39 is 29.6 Å². The fraction of sp³-hybridized carbons (Fsp3) is 0.308. The van der Waals surface area contributed by atoms with Crippen LogP contribution >= 0.6 is 11.3 Å². The SMILES string of the molecule is CC(=O)OC[C@@H]1C=C[C@H](n2c(=O)[nH]c(=O)c3sccc32)O1. The van der Waals surface area contributed by atoms with E-state index in [-0.39, 0.29) is 6.61 Å². The minimum absolute atomic E-state index is 0.0905. The van der Waals surface area contributed by atoms with Gasteiger partial charge in [-0.15, -0.1) is 11.3 Å². The van der Waals surface area contributed by atoms with Gasteiger partial charge in [0.05, 0.1) is 5.52 Å². The Kier molecular flexibility index (Phi) is 3.48. The first-order valence-electron chi connectivity index (χ1n) is 6.25. The quantitative estimate of drug-likeness (QED) is 0.668. The number of hydrogen-bond donors (Lipinski definition) is 1. The summed E-state index contributed by atoms with van der Waals surface area (Å²) in [5, 5.41) is 1.74. The highest BCUT2D eigenvalue weighted by atomic mass is 32.1. The van der Waals surface area contributed by atoms with Gasteiger partial charge in [-0.3, -0.25) is 19.1 Å². The molecule has 0 radical (unpaired) electrons. The van der Waals surface area contributed by atoms with Crippen LogP contribution in [0.3, 0.4) is 0 Å². The average molecular weight is 308 g/mol. The summed E-state index contributed by atoms with van der Waals surface area (Å²) in [6, 6.07) is 1.70. The molecular weight excluding hydrogens is 296 g/mol. The van der Waals surface area contributed by atoms with Crippen molar-refractivity contribution in [1.29, 1.82) is 0 Å². The first-order valence-corrected chi connectivity index (χ1v) is 7.13. The second-order valence-corrected chi connectivity index (χ2v) is 5.43. The third-order valence-corrected chi connectivity index (χ3v) is 3.96. The number of aromatic nitrogens is 2. The Balaban J connectivity index is 1.91. The number of esters is 1. The third-order valence-electron chi connectivity index (χ3n) is 3.06. The summed E-state index contributed by atoms with van der Waals surface area (Å²) in [4.78, 5) is 36.8. The number of nitrogens with one attached hydrogen (secondary N) is 1. The molecule has 2 atom stereocenters. The Bertz CT molecular complexity index is 831. The molecule has 7 nitrogen and oxygen atoms in total. The van der Waals surface area contributed by atoms with E-state index in [1.165, 1.54) is 22.8 Å². The van der Waals surface area contributed by atoms with E-state index >= 15 is 0 Å². The van der Waals surface area contributed by atoms with Crippen LogP contribution in [0.25, 0.3) is 10.2 Å². The van der Waals surface area contributed by atoms with Crippen molar-refractivity contribution in [1.82, 2.24) is 9.55 Å². The van der Waals surface area contributed by atoms with E-state index in [2.05, 4.69) is 4.98 Å². The summed E-state index contributed by atoms with van der Waals surface area (Å²) in [6.07, 6.45) is 2.38. The van der Waals surface area contributed by atoms with Gasteiger partial charge in [-0.05, 0) is 17.5 Å². The number of hydrogen-bond acceptors (Lipinski definition) is 6. The van der Waals surface area contributed by atoms with E-state index in [1.807, 2.05) is 0 Å². The lowest BCUT2D eigenvalue weighted by Crippen LogP contribution is -2.33. The highest BCUT2D eigenvalue weighted by Crippen LogP contribution is 2.24. The summed E-state index contributed by atoms with van der Waals surface area (Å²) in [5.41, 5.74) is -0.412. The molecule has 0 saturated heterocycles. The molecule has 0 fully saturated rings. The van der Waals surface area contributed by atoms with Crippen LogP contribution in [0.2, 0.25) is 0 Å². The molecule has 0 aromatic carbocycles. The molecule has 8 heteroatoms. The monoisotopic (exact) mass is 308 g/mol. The zero-order chi connectivity index (χ0) is 15.0. The van der Waals surface area contributed by atoms with Crippen molar-refractivity contribution in [3.05, 3.63) is 44.4 Å². The molecule has 1 aliphatic rings. The van der Waals surface area contributed by atoms with Crippen LogP contribution in [0.15, 0.2) is 33.2 Å². The average Bonchev–Trinajstić information content (AvgIpc) is 3.05. The van der Waals surface area contributed by atoms with Crippen LogP contribution < -0.4 is 11.2 Å². The van der Waals surface area contributed by atoms with Crippen LogP contribution in [-0.2, 0) is 14.3 Å². The van der Waals surface area contributed by atoms with Gasteiger partial charge in [0.25, 0.3) is 5.56 Å². The molecule has 0 unspecified atom stereocenters. The number of aromatic amines is 1. The normalized spacial score (nSPS) is 21.0. The van der Waals surface area contributed by atoms with Crippen LogP contribution in [0.5, 0.6) is 0 Å². The van der Waals surface area contributed by atoms with Crippen molar-refractivity contribution in [2.75, 3.05) is 6.61 Å². The number of fused-ring (bicyclic) bond motifs is 1. The lowest BCUT2D eigenvalue weighted by atomic mass is 10.3. The van der Waals surface area contributed by atoms with Gasteiger partial charge in [0.1, 0.15) is 17.4 Å². The molecule has 1 aliphatic heterocycles. The second-order valence-electron chi connectivity index (χ2n) is 4.52. The minimum atomic E-state index is -0.632. The first-order chi connectivity index (χ1) is 10.1. The molecule has 21 heavy (non-hydrogen) atoms. The Morgan fingerprint density at radius 1 is 1.48 bits per heavy atom. The van der Waals surface area contributed by atoms with Crippen LogP contribution in [0.1, 0.15) is 13.2 Å². The minimum Gasteiger partial charge on any atom is -0.463 e. The maximum atomic E-state index is 12.0. The van der Waals surface area contributed by atoms with Crippen molar-refractivity contribution in [3.63, 3.8) is 0 Å². The number of carbonyl (C=O) groups is 1. The Morgan fingerprint density at radius 2 is 2.29 bits per heavy atom. The van der Waals surface area contributed by atoms with Gasteiger partial charge in [-0.25, -0.2) is 4.79 Å². The molecular formula is C13H12N2O5S. The molecule has 0 saturated carbocycles. The van der Waals surface area contributed by atoms with Crippen molar-refractivity contribution in [2.24, 2.45) is 0 Å². The number of ether oxygens (including phenoxy) is 2. The van der Waals surface area contributed by atoms with E-state index in [0.29, 0.717) is 10.2 Å². The smallest absolute Gasteiger partial charge is 0.331 e. The molecule has 3 rings (SSSR count). The van der Waals surface area contributed by atoms with E-state index in [0.717, 1.165) is 0 Å². The number of rotatable bonds is 3. The first kappa shape index (κ1) is 13.8. The van der Waals surface area contributed by atoms with Crippen molar-refractivity contribution >= 4 is 27.5 Å². The zero-order valence-corrected chi connectivity index (χ0v) is 11.9. The summed E-state index contributed by atoms with van der Waals surface area (Å²) >= 11 is 1.26. The van der Waals surface area contributed by atoms with Gasteiger partial charge < -0.3 is 9.47 Å². The number of H-pyrrole nitrogens is 1. The van der Waals surface area contributed by atoms with Gasteiger partial charge in [0.2, 0.25) is 0 Å². The largest absolute Gasteiger partial charge is 0.463 e. The Hall–Kier alpha value is -2.19. The van der Waals surface area contributed by atoms with Gasteiger partial charge >= 0.3 is 11.7 Å². The summed E-state index contributed by atoms with van der Waals surface area (Å²) in [5.74, 6) is -0.392. The van der Waals surface area contributed by atoms with Gasteiger partial charge in [0.15, 0.2) is 6.23 Å². The van der Waals surface area contributed by atoms with E-state index in [4.69, 9.17) is 9.47 Å². The Labute approximate surface area is 122 Å². The fourth-order valence-corrected chi connectivity index (χ4v) is 2.95. The zero-order valence-electron chi connectivity index (χ0n) is 11.1. The van der Waals surface area contributed by atoms with Crippen molar-refractivity contribution in [2.45, 2.75) is 19.3 Å². The standard InChI is InChI=1S/C13H12N2O5S/c1-7(16)19-6-8-2-3-10(20-8)15-9-4-5-21-11(9)12(17)14-13(15)18/h2-5,8,10H,6H2,1H3,(H,14,17,18)/t8-,10+/m0/s1. The van der Waals surface area contributed by atoms with Crippen LogP contribution in [-0.4, -0.2) is 28.2 Å². The molecule has 0 spiro atoms. The van der Waals surface area contributed by atoms with Gasteiger partial charge in [-0.1, -0.05) is 6.08 Å². The third kappa shape index (κ3) is 2.55. The van der Waals surface area contributed by atoms with Gasteiger partial charge in [-0.2, -0.15) is 0 Å². The predicted octanol–water partition coefficient (Wildman–Crippen LogP) is 0.768. The molecule has 0 bridgehead atoms. The number of carbonyl (C=O) groups excluding carboxylic acids is 1. The topological polar surface area (TPSA) is 90.4 Å². The lowest BCUT2D eigenvalue weighted by Gasteiger charge is -2.16. The lowest BCUT2D eigenvalue weighted by molar-refractivity contribution is -0.144. The highest BCUT2D eigenvalue weighted by Gasteiger charge is 2.24. The molecule has 2 aromatic heterocycles. The van der Waals surface area contributed by atoms with Crippen LogP contribution in [0, 0.1) is 0 Å². The fourth-order valence-electron chi connectivity index (χ4n) is 2.17. The summed E-state index contributed by atoms with van der Waals surface area (Å²) < 4.78 is 12.4. The molecule has 110 valence electrons. The van der Waals surface area contributed by atoms with E-state index in [9.17, 15) is 14.4 Å². The Morgan fingerprint density at radius 3 is 3.05 bits per heavy atom. The summed E-state index contributed by atoms with van der Waals surface area (Å²) in [7, 11) is 0. The van der Waals surface area contributed by atoms with Gasteiger partial charge in [0, 0.05) is 6.92 Å². The van der Waals surface area contributed by atoms with Crippen LogP contribution in [0.4, 0.5) is 0 Å². The highest BCUT2D eigenvalue weighted by molar-refractivity contribution is 7.17. The maximum Gasteiger partial charge on any atom is 0.331 e. The molecule has 3 heterocycles. The number of thiophene rings is 1. The second kappa shape index (κ2) is 5.30. The summed E-state index contributed by atoms with van der Waals surface area (Å²) in [6.45, 7) is 1.41. The van der Waals surface area contributed by atoms with Crippen molar-refractivity contribution < 1.29 is 14.3 Å². The van der Waals surface area contributed by atoms with E-state index in [1.54, 1.807) is 23.6 Å². The molecule has 0 aliphatic carbocycles. The van der Waals surface area contributed by atoms with Crippen molar-refractivity contribution in [3.8, 4) is 0 Å². The maximum absolute atomic E-state index is 12.0. The predicted molar refractivity (Wildman–Crippen MR) is 76.4 cm³/mol. The molecule has 1 N–H and O–H groups in total.